The van der Waals surface area contributed by atoms with Gasteiger partial charge in [-0.25, -0.2) is 4.79 Å². The summed E-state index contributed by atoms with van der Waals surface area (Å²) in [7, 11) is 3.33. The lowest BCUT2D eigenvalue weighted by Gasteiger charge is -2.12. The molecule has 126 valence electrons. The molecule has 0 aliphatic heterocycles. The maximum atomic E-state index is 12.2. The number of aryl methyl sites for hydroxylation is 1. The third-order valence-electron chi connectivity index (χ3n) is 3.48. The summed E-state index contributed by atoms with van der Waals surface area (Å²) >= 11 is 0. The van der Waals surface area contributed by atoms with Crippen LogP contribution in [0.3, 0.4) is 0 Å². The number of benzene rings is 1. The molecular formula is C18H22N4O2. The minimum Gasteiger partial charge on any atom is -0.348 e. The summed E-state index contributed by atoms with van der Waals surface area (Å²) in [5.74, 6) is -0.168. The van der Waals surface area contributed by atoms with Gasteiger partial charge in [-0.1, -0.05) is 29.8 Å². The maximum Gasteiger partial charge on any atom is 0.317 e. The van der Waals surface area contributed by atoms with Gasteiger partial charge in [0.15, 0.2) is 0 Å². The summed E-state index contributed by atoms with van der Waals surface area (Å²) in [6, 6.07) is 11.1. The molecular weight excluding hydrogens is 304 g/mol. The molecule has 0 fully saturated rings. The third kappa shape index (κ3) is 5.08. The van der Waals surface area contributed by atoms with Crippen LogP contribution < -0.4 is 10.6 Å². The van der Waals surface area contributed by atoms with E-state index in [1.807, 2.05) is 31.2 Å². The van der Waals surface area contributed by atoms with E-state index in [4.69, 9.17) is 0 Å². The molecule has 1 aromatic carbocycles. The van der Waals surface area contributed by atoms with Gasteiger partial charge >= 0.3 is 6.03 Å². The monoisotopic (exact) mass is 326 g/mol. The average Bonchev–Trinajstić information content (AvgIpc) is 2.59. The third-order valence-corrected chi connectivity index (χ3v) is 3.48. The van der Waals surface area contributed by atoms with Gasteiger partial charge < -0.3 is 15.5 Å². The maximum absolute atomic E-state index is 12.2. The lowest BCUT2D eigenvalue weighted by molar-refractivity contribution is 0.0950. The van der Waals surface area contributed by atoms with Crippen LogP contribution in [0.25, 0.3) is 0 Å². The van der Waals surface area contributed by atoms with Crippen molar-refractivity contribution >= 4 is 11.9 Å². The Balaban J connectivity index is 1.93. The zero-order valence-corrected chi connectivity index (χ0v) is 14.2. The van der Waals surface area contributed by atoms with Crippen LogP contribution in [0.15, 0.2) is 42.6 Å². The molecule has 0 aliphatic rings. The van der Waals surface area contributed by atoms with Gasteiger partial charge in [-0.05, 0) is 24.6 Å². The number of nitrogens with one attached hydrogen (secondary N) is 2. The summed E-state index contributed by atoms with van der Waals surface area (Å²) < 4.78 is 0. The lowest BCUT2D eigenvalue weighted by Crippen LogP contribution is -2.34. The summed E-state index contributed by atoms with van der Waals surface area (Å²) in [6.45, 7) is 2.76. The van der Waals surface area contributed by atoms with E-state index in [1.54, 1.807) is 32.4 Å². The highest BCUT2D eigenvalue weighted by molar-refractivity contribution is 5.94. The van der Waals surface area contributed by atoms with Crippen molar-refractivity contribution in [2.45, 2.75) is 20.0 Å². The van der Waals surface area contributed by atoms with Gasteiger partial charge in [0.2, 0.25) is 0 Å². The molecule has 1 heterocycles. The zero-order valence-electron chi connectivity index (χ0n) is 14.2. The smallest absolute Gasteiger partial charge is 0.317 e. The van der Waals surface area contributed by atoms with Gasteiger partial charge in [-0.3, -0.25) is 9.78 Å². The Morgan fingerprint density at radius 2 is 1.75 bits per heavy atom. The van der Waals surface area contributed by atoms with E-state index in [-0.39, 0.29) is 18.5 Å². The van der Waals surface area contributed by atoms with Crippen molar-refractivity contribution in [2.75, 3.05) is 14.1 Å². The molecule has 0 spiro atoms. The number of carbonyl (C=O) groups excluding carboxylic acids is 2. The Labute approximate surface area is 141 Å². The second kappa shape index (κ2) is 8.10. The van der Waals surface area contributed by atoms with Crippen molar-refractivity contribution in [1.82, 2.24) is 20.5 Å². The molecule has 0 saturated carbocycles. The van der Waals surface area contributed by atoms with E-state index in [0.29, 0.717) is 17.8 Å². The van der Waals surface area contributed by atoms with Gasteiger partial charge in [-0.2, -0.15) is 0 Å². The highest BCUT2D eigenvalue weighted by Crippen LogP contribution is 2.05. The Kier molecular flexibility index (Phi) is 5.89. The van der Waals surface area contributed by atoms with Gasteiger partial charge in [0.1, 0.15) is 0 Å². The van der Waals surface area contributed by atoms with Crippen LogP contribution in [0.5, 0.6) is 0 Å². The fraction of sp³-hybridized carbons (Fsp3) is 0.278. The second-order valence-electron chi connectivity index (χ2n) is 5.76. The fourth-order valence-electron chi connectivity index (χ4n) is 2.03. The van der Waals surface area contributed by atoms with Crippen molar-refractivity contribution in [3.8, 4) is 0 Å². The minimum absolute atomic E-state index is 0.168. The van der Waals surface area contributed by atoms with Gasteiger partial charge in [0.05, 0.1) is 12.2 Å². The zero-order chi connectivity index (χ0) is 17.5. The van der Waals surface area contributed by atoms with E-state index in [2.05, 4.69) is 15.6 Å². The lowest BCUT2D eigenvalue weighted by atomic mass is 10.1. The van der Waals surface area contributed by atoms with E-state index < -0.39 is 0 Å². The van der Waals surface area contributed by atoms with E-state index >= 15 is 0 Å². The highest BCUT2D eigenvalue weighted by Gasteiger charge is 2.08. The SMILES string of the molecule is Cc1ccc(CNC(=O)c2ccnc(CNC(=O)N(C)C)c2)cc1. The first-order chi connectivity index (χ1) is 11.5. The van der Waals surface area contributed by atoms with E-state index in [0.717, 1.165) is 5.56 Å². The largest absolute Gasteiger partial charge is 0.348 e. The predicted octanol–water partition coefficient (Wildman–Crippen LogP) is 2.09. The number of carbonyl (C=O) groups is 2. The molecule has 2 aromatic rings. The number of hydrogen-bond donors (Lipinski definition) is 2. The summed E-state index contributed by atoms with van der Waals surface area (Å²) in [6.07, 6.45) is 1.57. The number of rotatable bonds is 5. The Hall–Kier alpha value is -2.89. The highest BCUT2D eigenvalue weighted by atomic mass is 16.2. The van der Waals surface area contributed by atoms with Crippen molar-refractivity contribution in [2.24, 2.45) is 0 Å². The topological polar surface area (TPSA) is 74.3 Å². The molecule has 0 unspecified atom stereocenters. The molecule has 0 saturated heterocycles. The normalized spacial score (nSPS) is 10.1. The van der Waals surface area contributed by atoms with Crippen LogP contribution in [0.4, 0.5) is 4.79 Å². The number of urea groups is 1. The molecule has 6 heteroatoms. The van der Waals surface area contributed by atoms with Gasteiger partial charge in [-0.15, -0.1) is 0 Å². The number of amides is 3. The van der Waals surface area contributed by atoms with Crippen molar-refractivity contribution < 1.29 is 9.59 Å². The van der Waals surface area contributed by atoms with Crippen LogP contribution in [-0.2, 0) is 13.1 Å². The molecule has 0 radical (unpaired) electrons. The quantitative estimate of drug-likeness (QED) is 0.883. The molecule has 1 aromatic heterocycles. The Bertz CT molecular complexity index is 711. The number of hydrogen-bond acceptors (Lipinski definition) is 3. The van der Waals surface area contributed by atoms with Crippen molar-refractivity contribution in [3.05, 3.63) is 65.0 Å². The van der Waals surface area contributed by atoms with Gasteiger partial charge in [0, 0.05) is 32.4 Å². The minimum atomic E-state index is -0.203. The summed E-state index contributed by atoms with van der Waals surface area (Å²) in [5, 5.41) is 5.60. The summed E-state index contributed by atoms with van der Waals surface area (Å²) in [5.41, 5.74) is 3.38. The molecule has 2 N–H and O–H groups in total. The molecule has 24 heavy (non-hydrogen) atoms. The van der Waals surface area contributed by atoms with Gasteiger partial charge in [0.25, 0.3) is 5.91 Å². The predicted molar refractivity (Wildman–Crippen MR) is 92.5 cm³/mol. The number of nitrogens with zero attached hydrogens (tertiary/aromatic N) is 2. The molecule has 6 nitrogen and oxygen atoms in total. The van der Waals surface area contributed by atoms with Crippen molar-refractivity contribution in [3.63, 3.8) is 0 Å². The average molecular weight is 326 g/mol. The van der Waals surface area contributed by atoms with Crippen LogP contribution in [0.1, 0.15) is 27.2 Å². The first-order valence-corrected chi connectivity index (χ1v) is 7.69. The van der Waals surface area contributed by atoms with Crippen LogP contribution >= 0.6 is 0 Å². The molecule has 0 bridgehead atoms. The summed E-state index contributed by atoms with van der Waals surface area (Å²) in [4.78, 5) is 29.4. The van der Waals surface area contributed by atoms with Crippen LogP contribution in [-0.4, -0.2) is 35.9 Å². The molecule has 0 aliphatic carbocycles. The second-order valence-corrected chi connectivity index (χ2v) is 5.76. The van der Waals surface area contributed by atoms with Crippen LogP contribution in [0.2, 0.25) is 0 Å². The Morgan fingerprint density at radius 3 is 2.42 bits per heavy atom. The molecule has 0 atom stereocenters. The van der Waals surface area contributed by atoms with E-state index in [9.17, 15) is 9.59 Å². The fourth-order valence-corrected chi connectivity index (χ4v) is 2.03. The number of pyridine rings is 1. The first-order valence-electron chi connectivity index (χ1n) is 7.69. The standard InChI is InChI=1S/C18H22N4O2/c1-13-4-6-14(7-5-13)11-20-17(23)15-8-9-19-16(10-15)12-21-18(24)22(2)3/h4-10H,11-12H2,1-3H3,(H,20,23)(H,21,24). The van der Waals surface area contributed by atoms with Crippen molar-refractivity contribution in [1.29, 1.82) is 0 Å². The number of aromatic nitrogens is 1. The Morgan fingerprint density at radius 1 is 1.04 bits per heavy atom. The molecule has 3 amide bonds. The van der Waals surface area contributed by atoms with Crippen LogP contribution in [0, 0.1) is 6.92 Å². The first kappa shape index (κ1) is 17.5. The van der Waals surface area contributed by atoms with E-state index in [1.165, 1.54) is 10.5 Å². The molecule has 2 rings (SSSR count).